The molecule has 6 heteroatoms. The first-order chi connectivity index (χ1) is 11.6. The highest BCUT2D eigenvalue weighted by Gasteiger charge is 2.31. The standard InChI is InChI=1S/C18H23N3O3/c1-12-5-4-8-21(16(12)11-22)17(23)10-19-18(24)15-9-13-6-2-3-7-14(13)20-15/h2-3,6-7,9,12,16,20,22H,4-5,8,10-11H2,1H3,(H,19,24). The Bertz CT molecular complexity index is 707. The van der Waals surface area contributed by atoms with Crippen molar-refractivity contribution in [3.05, 3.63) is 36.0 Å². The lowest BCUT2D eigenvalue weighted by Crippen LogP contribution is -2.52. The molecular formula is C18H23N3O3. The van der Waals surface area contributed by atoms with Gasteiger partial charge in [-0.1, -0.05) is 25.1 Å². The summed E-state index contributed by atoms with van der Waals surface area (Å²) in [6.45, 7) is 2.58. The second-order valence-electron chi connectivity index (χ2n) is 6.41. The van der Waals surface area contributed by atoms with Crippen LogP contribution in [-0.2, 0) is 4.79 Å². The van der Waals surface area contributed by atoms with Crippen LogP contribution >= 0.6 is 0 Å². The summed E-state index contributed by atoms with van der Waals surface area (Å²) in [5.41, 5.74) is 1.33. The predicted molar refractivity (Wildman–Crippen MR) is 91.6 cm³/mol. The molecule has 1 aliphatic rings. The summed E-state index contributed by atoms with van der Waals surface area (Å²) in [5, 5.41) is 13.2. The molecule has 6 nitrogen and oxygen atoms in total. The molecule has 0 aliphatic carbocycles. The lowest BCUT2D eigenvalue weighted by molar-refractivity contribution is -0.136. The molecule has 0 saturated carbocycles. The van der Waals surface area contributed by atoms with Crippen molar-refractivity contribution in [1.29, 1.82) is 0 Å². The van der Waals surface area contributed by atoms with Gasteiger partial charge in [-0.05, 0) is 30.9 Å². The van der Waals surface area contributed by atoms with E-state index in [4.69, 9.17) is 0 Å². The molecule has 128 valence electrons. The number of carbonyl (C=O) groups is 2. The van der Waals surface area contributed by atoms with E-state index >= 15 is 0 Å². The van der Waals surface area contributed by atoms with Gasteiger partial charge in [0.25, 0.3) is 5.91 Å². The molecule has 2 heterocycles. The zero-order chi connectivity index (χ0) is 17.1. The number of amides is 2. The van der Waals surface area contributed by atoms with Crippen LogP contribution in [0.1, 0.15) is 30.3 Å². The smallest absolute Gasteiger partial charge is 0.268 e. The number of hydrogen-bond acceptors (Lipinski definition) is 3. The van der Waals surface area contributed by atoms with Gasteiger partial charge < -0.3 is 20.3 Å². The minimum Gasteiger partial charge on any atom is -0.394 e. The van der Waals surface area contributed by atoms with Crippen LogP contribution < -0.4 is 5.32 Å². The third-order valence-electron chi connectivity index (χ3n) is 4.80. The van der Waals surface area contributed by atoms with Crippen LogP contribution in [0.5, 0.6) is 0 Å². The Kier molecular flexibility index (Phi) is 4.85. The highest BCUT2D eigenvalue weighted by Crippen LogP contribution is 2.22. The number of benzene rings is 1. The molecule has 1 aromatic heterocycles. The quantitative estimate of drug-likeness (QED) is 0.795. The van der Waals surface area contributed by atoms with Gasteiger partial charge in [0, 0.05) is 17.4 Å². The van der Waals surface area contributed by atoms with Gasteiger partial charge in [0.05, 0.1) is 19.2 Å². The molecule has 0 bridgehead atoms. The third kappa shape index (κ3) is 3.28. The number of aliphatic hydroxyl groups excluding tert-OH is 1. The van der Waals surface area contributed by atoms with E-state index in [1.54, 1.807) is 11.0 Å². The zero-order valence-electron chi connectivity index (χ0n) is 13.8. The zero-order valence-corrected chi connectivity index (χ0v) is 13.8. The van der Waals surface area contributed by atoms with Crippen molar-refractivity contribution >= 4 is 22.7 Å². The van der Waals surface area contributed by atoms with Crippen LogP contribution in [0, 0.1) is 5.92 Å². The average molecular weight is 329 g/mol. The number of H-pyrrole nitrogens is 1. The lowest BCUT2D eigenvalue weighted by Gasteiger charge is -2.39. The molecule has 0 radical (unpaired) electrons. The molecule has 2 unspecified atom stereocenters. The Morgan fingerprint density at radius 2 is 2.17 bits per heavy atom. The largest absolute Gasteiger partial charge is 0.394 e. The third-order valence-corrected chi connectivity index (χ3v) is 4.80. The number of piperidine rings is 1. The number of fused-ring (bicyclic) bond motifs is 1. The van der Waals surface area contributed by atoms with Crippen LogP contribution in [0.4, 0.5) is 0 Å². The van der Waals surface area contributed by atoms with Crippen LogP contribution in [-0.4, -0.2) is 52.5 Å². The maximum atomic E-state index is 12.4. The highest BCUT2D eigenvalue weighted by molar-refractivity contribution is 5.99. The van der Waals surface area contributed by atoms with Gasteiger partial charge in [0.1, 0.15) is 5.69 Å². The van der Waals surface area contributed by atoms with E-state index in [9.17, 15) is 14.7 Å². The van der Waals surface area contributed by atoms with Gasteiger partial charge in [-0.2, -0.15) is 0 Å². The van der Waals surface area contributed by atoms with Crippen molar-refractivity contribution in [1.82, 2.24) is 15.2 Å². The topological polar surface area (TPSA) is 85.4 Å². The first-order valence-corrected chi connectivity index (χ1v) is 8.36. The minimum absolute atomic E-state index is 0.0388. The average Bonchev–Trinajstić information content (AvgIpc) is 3.03. The summed E-state index contributed by atoms with van der Waals surface area (Å²) in [5.74, 6) is -0.174. The van der Waals surface area contributed by atoms with Gasteiger partial charge >= 0.3 is 0 Å². The Hall–Kier alpha value is -2.34. The number of nitrogens with one attached hydrogen (secondary N) is 2. The summed E-state index contributed by atoms with van der Waals surface area (Å²) >= 11 is 0. The van der Waals surface area contributed by atoms with Gasteiger partial charge in [-0.3, -0.25) is 9.59 Å². The first-order valence-electron chi connectivity index (χ1n) is 8.36. The number of carbonyl (C=O) groups excluding carboxylic acids is 2. The number of aromatic nitrogens is 1. The molecule has 2 amide bonds. The van der Waals surface area contributed by atoms with Gasteiger partial charge in [-0.25, -0.2) is 0 Å². The van der Waals surface area contributed by atoms with E-state index < -0.39 is 0 Å². The highest BCUT2D eigenvalue weighted by atomic mass is 16.3. The fourth-order valence-corrected chi connectivity index (χ4v) is 3.39. The fourth-order valence-electron chi connectivity index (χ4n) is 3.39. The van der Waals surface area contributed by atoms with Crippen LogP contribution in [0.2, 0.25) is 0 Å². The minimum atomic E-state index is -0.301. The summed E-state index contributed by atoms with van der Waals surface area (Å²) < 4.78 is 0. The Labute approximate surface area is 140 Å². The van der Waals surface area contributed by atoms with E-state index in [0.29, 0.717) is 12.2 Å². The van der Waals surface area contributed by atoms with Crippen molar-refractivity contribution in [3.63, 3.8) is 0 Å². The second-order valence-corrected chi connectivity index (χ2v) is 6.41. The summed E-state index contributed by atoms with van der Waals surface area (Å²) in [7, 11) is 0. The van der Waals surface area contributed by atoms with Crippen LogP contribution in [0.3, 0.4) is 0 Å². The molecular weight excluding hydrogens is 306 g/mol. The molecule has 2 aromatic rings. The number of likely N-dealkylation sites (tertiary alicyclic amines) is 1. The normalized spacial score (nSPS) is 21.0. The van der Waals surface area contributed by atoms with Gasteiger partial charge in [0.2, 0.25) is 5.91 Å². The van der Waals surface area contributed by atoms with Gasteiger partial charge in [0.15, 0.2) is 0 Å². The number of rotatable bonds is 4. The molecule has 1 aromatic carbocycles. The Morgan fingerprint density at radius 3 is 2.92 bits per heavy atom. The van der Waals surface area contributed by atoms with Crippen molar-refractivity contribution in [2.75, 3.05) is 19.7 Å². The van der Waals surface area contributed by atoms with E-state index in [1.807, 2.05) is 31.2 Å². The summed E-state index contributed by atoms with van der Waals surface area (Å²) in [4.78, 5) is 29.4. The monoisotopic (exact) mass is 329 g/mol. The first kappa shape index (κ1) is 16.5. The van der Waals surface area contributed by atoms with E-state index in [0.717, 1.165) is 23.7 Å². The molecule has 1 aliphatic heterocycles. The molecule has 3 N–H and O–H groups in total. The summed E-state index contributed by atoms with van der Waals surface area (Å²) in [6.07, 6.45) is 1.94. The maximum absolute atomic E-state index is 12.4. The fraction of sp³-hybridized carbons (Fsp3) is 0.444. The molecule has 3 rings (SSSR count). The molecule has 2 atom stereocenters. The summed E-state index contributed by atoms with van der Waals surface area (Å²) in [6, 6.07) is 9.25. The predicted octanol–water partition coefficient (Wildman–Crippen LogP) is 1.52. The SMILES string of the molecule is CC1CCCN(C(=O)CNC(=O)c2cc3ccccc3[nH]2)C1CO. The van der Waals surface area contributed by atoms with Crippen molar-refractivity contribution in [2.45, 2.75) is 25.8 Å². The number of nitrogens with zero attached hydrogens (tertiary/aromatic N) is 1. The second kappa shape index (κ2) is 7.05. The van der Waals surface area contributed by atoms with Crippen molar-refractivity contribution < 1.29 is 14.7 Å². The molecule has 1 fully saturated rings. The van der Waals surface area contributed by atoms with Crippen molar-refractivity contribution in [3.8, 4) is 0 Å². The maximum Gasteiger partial charge on any atom is 0.268 e. The number of aliphatic hydroxyl groups is 1. The number of para-hydroxylation sites is 1. The molecule has 24 heavy (non-hydrogen) atoms. The Balaban J connectivity index is 1.62. The van der Waals surface area contributed by atoms with E-state index in [1.165, 1.54) is 0 Å². The van der Waals surface area contributed by atoms with Crippen LogP contribution in [0.25, 0.3) is 10.9 Å². The number of aromatic amines is 1. The molecule has 0 spiro atoms. The van der Waals surface area contributed by atoms with Gasteiger partial charge in [-0.15, -0.1) is 0 Å². The van der Waals surface area contributed by atoms with E-state index in [-0.39, 0.29) is 36.9 Å². The van der Waals surface area contributed by atoms with Crippen molar-refractivity contribution in [2.24, 2.45) is 5.92 Å². The number of hydrogen-bond donors (Lipinski definition) is 3. The van der Waals surface area contributed by atoms with E-state index in [2.05, 4.69) is 10.3 Å². The lowest BCUT2D eigenvalue weighted by atomic mass is 9.91. The van der Waals surface area contributed by atoms with Crippen LogP contribution in [0.15, 0.2) is 30.3 Å². The molecule has 1 saturated heterocycles. The Morgan fingerprint density at radius 1 is 1.38 bits per heavy atom.